The molecule has 156 valence electrons. The molecule has 2 aromatic rings. The van der Waals surface area contributed by atoms with Crippen molar-refractivity contribution < 1.29 is 4.79 Å². The van der Waals surface area contributed by atoms with Gasteiger partial charge in [0.25, 0.3) is 5.91 Å². The van der Waals surface area contributed by atoms with Gasteiger partial charge in [0.2, 0.25) is 5.95 Å². The Morgan fingerprint density at radius 2 is 1.79 bits per heavy atom. The highest BCUT2D eigenvalue weighted by Gasteiger charge is 2.20. The first-order valence-electron chi connectivity index (χ1n) is 9.18. The van der Waals surface area contributed by atoms with E-state index in [2.05, 4.69) is 51.3 Å². The number of carbonyl (C=O) groups is 1. The van der Waals surface area contributed by atoms with E-state index in [1.54, 1.807) is 31.6 Å². The van der Waals surface area contributed by atoms with Crippen molar-refractivity contribution in [2.75, 3.05) is 51.2 Å². The molecule has 1 fully saturated rings. The van der Waals surface area contributed by atoms with Crippen molar-refractivity contribution in [1.82, 2.24) is 25.5 Å². The zero-order valence-corrected chi connectivity index (χ0v) is 20.1. The van der Waals surface area contributed by atoms with Crippen LogP contribution in [-0.4, -0.2) is 73.1 Å². The summed E-state index contributed by atoms with van der Waals surface area (Å²) in [6.45, 7) is 4.47. The van der Waals surface area contributed by atoms with E-state index in [-0.39, 0.29) is 29.9 Å². The summed E-state index contributed by atoms with van der Waals surface area (Å²) in [5.41, 5.74) is 0.637. The molecule has 3 rings (SSSR count). The number of benzene rings is 1. The van der Waals surface area contributed by atoms with Gasteiger partial charge in [-0.2, -0.15) is 0 Å². The van der Waals surface area contributed by atoms with Crippen molar-refractivity contribution >= 4 is 57.7 Å². The summed E-state index contributed by atoms with van der Waals surface area (Å²) in [6, 6.07) is 9.16. The molecule has 1 aliphatic rings. The third-order valence-corrected chi connectivity index (χ3v) is 4.90. The van der Waals surface area contributed by atoms with Crippen LogP contribution in [-0.2, 0) is 0 Å². The predicted molar refractivity (Wildman–Crippen MR) is 129 cm³/mol. The van der Waals surface area contributed by atoms with Gasteiger partial charge < -0.3 is 20.4 Å². The Kier molecular flexibility index (Phi) is 9.58. The second-order valence-corrected chi connectivity index (χ2v) is 7.18. The largest absolute Gasteiger partial charge is 0.354 e. The van der Waals surface area contributed by atoms with Crippen LogP contribution >= 0.6 is 39.9 Å². The molecule has 1 saturated heterocycles. The molecule has 0 unspecified atom stereocenters. The first-order chi connectivity index (χ1) is 13.7. The number of hydrogen-bond donors (Lipinski definition) is 2. The van der Waals surface area contributed by atoms with E-state index in [0.717, 1.165) is 42.6 Å². The van der Waals surface area contributed by atoms with Gasteiger partial charge >= 0.3 is 0 Å². The molecule has 1 aromatic carbocycles. The average molecular weight is 574 g/mol. The number of rotatable bonds is 5. The number of amides is 1. The normalized spacial score (nSPS) is 14.2. The van der Waals surface area contributed by atoms with Gasteiger partial charge in [-0.05, 0) is 24.3 Å². The summed E-state index contributed by atoms with van der Waals surface area (Å²) in [5, 5.41) is 6.23. The van der Waals surface area contributed by atoms with Gasteiger partial charge in [-0.3, -0.25) is 9.79 Å². The Labute approximate surface area is 196 Å². The summed E-state index contributed by atoms with van der Waals surface area (Å²) in [4.78, 5) is 29.5. The molecule has 1 amide bonds. The topological polar surface area (TPSA) is 85.8 Å². The minimum absolute atomic E-state index is 0. The number of carbonyl (C=O) groups excluding carboxylic acids is 1. The summed E-state index contributed by atoms with van der Waals surface area (Å²) in [6.07, 6.45) is 3.52. The number of hydrogen-bond acceptors (Lipinski definition) is 5. The summed E-state index contributed by atoms with van der Waals surface area (Å²) in [7, 11) is 1.77. The Hall–Kier alpha value is -1.95. The molecule has 29 heavy (non-hydrogen) atoms. The molecule has 1 aromatic heterocycles. The molecule has 10 heteroatoms. The lowest BCUT2D eigenvalue weighted by molar-refractivity contribution is 0.0954. The Morgan fingerprint density at radius 1 is 1.10 bits per heavy atom. The average Bonchev–Trinajstić information content (AvgIpc) is 2.74. The van der Waals surface area contributed by atoms with E-state index in [4.69, 9.17) is 0 Å². The number of aliphatic imine (C=N–C) groups is 1. The number of nitrogens with one attached hydrogen (secondary N) is 2. The Morgan fingerprint density at radius 3 is 2.45 bits per heavy atom. The maximum Gasteiger partial charge on any atom is 0.251 e. The molecule has 0 bridgehead atoms. The van der Waals surface area contributed by atoms with Crippen LogP contribution in [0.5, 0.6) is 0 Å². The van der Waals surface area contributed by atoms with Crippen molar-refractivity contribution in [2.24, 2.45) is 4.99 Å². The number of guanidine groups is 1. The molecular weight excluding hydrogens is 549 g/mol. The van der Waals surface area contributed by atoms with Gasteiger partial charge in [0.15, 0.2) is 5.96 Å². The summed E-state index contributed by atoms with van der Waals surface area (Å²) in [5.74, 6) is 1.51. The number of halogens is 2. The number of piperazine rings is 1. The van der Waals surface area contributed by atoms with Crippen LogP contribution in [0.15, 0.2) is 52.2 Å². The van der Waals surface area contributed by atoms with Crippen LogP contribution in [0, 0.1) is 0 Å². The highest BCUT2D eigenvalue weighted by atomic mass is 127. The molecule has 8 nitrogen and oxygen atoms in total. The molecule has 1 aliphatic heterocycles. The standard InChI is InChI=1S/C19H24BrN7O.HI/c1-21-18(25-9-8-22-17(28)15-4-2-5-16(20)14-15)26-10-12-27(13-11-26)19-23-6-3-7-24-19;/h2-7,14H,8-13H2,1H3,(H,21,25)(H,22,28);1H. The molecule has 0 radical (unpaired) electrons. The second kappa shape index (κ2) is 11.9. The lowest BCUT2D eigenvalue weighted by Gasteiger charge is -2.36. The minimum Gasteiger partial charge on any atom is -0.354 e. The van der Waals surface area contributed by atoms with E-state index in [9.17, 15) is 4.79 Å². The smallest absolute Gasteiger partial charge is 0.251 e. The molecule has 2 N–H and O–H groups in total. The molecule has 0 spiro atoms. The molecular formula is C19H25BrIN7O. The fourth-order valence-corrected chi connectivity index (χ4v) is 3.39. The van der Waals surface area contributed by atoms with E-state index in [1.165, 1.54) is 0 Å². The first-order valence-corrected chi connectivity index (χ1v) is 9.98. The predicted octanol–water partition coefficient (Wildman–Crippen LogP) is 1.98. The highest BCUT2D eigenvalue weighted by molar-refractivity contribution is 14.0. The molecule has 2 heterocycles. The summed E-state index contributed by atoms with van der Waals surface area (Å²) >= 11 is 3.38. The molecule has 0 atom stereocenters. The lowest BCUT2D eigenvalue weighted by atomic mass is 10.2. The fraction of sp³-hybridized carbons (Fsp3) is 0.368. The number of nitrogens with zero attached hydrogens (tertiary/aromatic N) is 5. The SMILES string of the molecule is CN=C(NCCNC(=O)c1cccc(Br)c1)N1CCN(c2ncccn2)CC1.I. The van der Waals surface area contributed by atoms with Crippen LogP contribution in [0.3, 0.4) is 0 Å². The van der Waals surface area contributed by atoms with Gasteiger partial charge in [0.05, 0.1) is 0 Å². The highest BCUT2D eigenvalue weighted by Crippen LogP contribution is 2.11. The van der Waals surface area contributed by atoms with Gasteiger partial charge in [0, 0.05) is 68.7 Å². The number of anilines is 1. The lowest BCUT2D eigenvalue weighted by Crippen LogP contribution is -2.53. The van der Waals surface area contributed by atoms with Gasteiger partial charge in [-0.1, -0.05) is 22.0 Å². The maximum absolute atomic E-state index is 12.2. The second-order valence-electron chi connectivity index (χ2n) is 6.26. The van der Waals surface area contributed by atoms with Crippen LogP contribution in [0.25, 0.3) is 0 Å². The van der Waals surface area contributed by atoms with E-state index >= 15 is 0 Å². The zero-order valence-electron chi connectivity index (χ0n) is 16.2. The quantitative estimate of drug-likeness (QED) is 0.246. The number of aromatic nitrogens is 2. The van der Waals surface area contributed by atoms with Crippen LogP contribution < -0.4 is 15.5 Å². The third kappa shape index (κ3) is 6.81. The third-order valence-electron chi connectivity index (χ3n) is 4.41. The first kappa shape index (κ1) is 23.3. The van der Waals surface area contributed by atoms with Crippen LogP contribution in [0.1, 0.15) is 10.4 Å². The Balaban J connectivity index is 0.00000300. The fourth-order valence-electron chi connectivity index (χ4n) is 2.99. The maximum atomic E-state index is 12.2. The van der Waals surface area contributed by atoms with E-state index in [0.29, 0.717) is 18.7 Å². The summed E-state index contributed by atoms with van der Waals surface area (Å²) < 4.78 is 0.888. The van der Waals surface area contributed by atoms with Crippen molar-refractivity contribution in [3.63, 3.8) is 0 Å². The molecule has 0 saturated carbocycles. The van der Waals surface area contributed by atoms with Crippen molar-refractivity contribution in [1.29, 1.82) is 0 Å². The van der Waals surface area contributed by atoms with Crippen molar-refractivity contribution in [3.8, 4) is 0 Å². The van der Waals surface area contributed by atoms with Gasteiger partial charge in [0.1, 0.15) is 0 Å². The van der Waals surface area contributed by atoms with Gasteiger partial charge in [-0.15, -0.1) is 24.0 Å². The monoisotopic (exact) mass is 573 g/mol. The van der Waals surface area contributed by atoms with E-state index < -0.39 is 0 Å². The van der Waals surface area contributed by atoms with Gasteiger partial charge in [-0.25, -0.2) is 9.97 Å². The van der Waals surface area contributed by atoms with E-state index in [1.807, 2.05) is 18.2 Å². The van der Waals surface area contributed by atoms with Crippen LogP contribution in [0.4, 0.5) is 5.95 Å². The minimum atomic E-state index is -0.0884. The van der Waals surface area contributed by atoms with Crippen LogP contribution in [0.2, 0.25) is 0 Å². The zero-order chi connectivity index (χ0) is 19.8. The van der Waals surface area contributed by atoms with Crippen molar-refractivity contribution in [3.05, 3.63) is 52.8 Å². The van der Waals surface area contributed by atoms with Crippen molar-refractivity contribution in [2.45, 2.75) is 0 Å². The molecule has 0 aliphatic carbocycles. The Bertz CT molecular complexity index is 813.